The third kappa shape index (κ3) is 5.53. The van der Waals surface area contributed by atoms with Crippen LogP contribution < -0.4 is 9.62 Å². The molecule has 3 aromatic rings. The third-order valence-electron chi connectivity index (χ3n) is 5.14. The Morgan fingerprint density at radius 1 is 0.906 bits per heavy atom. The van der Waals surface area contributed by atoms with Crippen LogP contribution in [0.3, 0.4) is 0 Å². The highest BCUT2D eigenvalue weighted by Gasteiger charge is 2.28. The Balaban J connectivity index is 1.92. The molecule has 0 aliphatic carbocycles. The molecule has 168 valence electrons. The van der Waals surface area contributed by atoms with Crippen molar-refractivity contribution >= 4 is 21.6 Å². The number of sulfonamides is 1. The Morgan fingerprint density at radius 3 is 2.03 bits per heavy atom. The summed E-state index contributed by atoms with van der Waals surface area (Å²) >= 11 is 0. The van der Waals surface area contributed by atoms with Crippen molar-refractivity contribution in [1.29, 1.82) is 0 Å². The van der Waals surface area contributed by atoms with E-state index in [2.05, 4.69) is 5.32 Å². The van der Waals surface area contributed by atoms with Gasteiger partial charge in [0.1, 0.15) is 12.4 Å². The van der Waals surface area contributed by atoms with Gasteiger partial charge in [0.05, 0.1) is 16.6 Å². The molecule has 0 radical (unpaired) electrons. The zero-order valence-corrected chi connectivity index (χ0v) is 19.4. The monoisotopic (exact) mass is 454 g/mol. The maximum absolute atomic E-state index is 13.5. The summed E-state index contributed by atoms with van der Waals surface area (Å²) in [6.45, 7) is 7.02. The van der Waals surface area contributed by atoms with Crippen LogP contribution in [0.4, 0.5) is 10.1 Å². The maximum atomic E-state index is 13.5. The molecule has 1 unspecified atom stereocenters. The van der Waals surface area contributed by atoms with Gasteiger partial charge >= 0.3 is 0 Å². The molecule has 0 aromatic heterocycles. The summed E-state index contributed by atoms with van der Waals surface area (Å²) in [5.74, 6) is -0.825. The lowest BCUT2D eigenvalue weighted by Crippen LogP contribution is -2.41. The Morgan fingerprint density at radius 2 is 1.47 bits per heavy atom. The second-order valence-corrected chi connectivity index (χ2v) is 9.87. The van der Waals surface area contributed by atoms with Crippen molar-refractivity contribution in [1.82, 2.24) is 5.32 Å². The van der Waals surface area contributed by atoms with E-state index in [9.17, 15) is 17.6 Å². The molecule has 1 atom stereocenters. The number of nitrogens with zero attached hydrogens (tertiary/aromatic N) is 1. The van der Waals surface area contributed by atoms with E-state index in [0.29, 0.717) is 5.69 Å². The third-order valence-corrected chi connectivity index (χ3v) is 6.93. The SMILES string of the molecule is Cc1ccc(S(=O)(=O)N(CC(=O)NC(C)c2ccc(F)cc2)c2cc(C)cc(C)c2)cc1. The Kier molecular flexibility index (Phi) is 6.99. The molecule has 0 fully saturated rings. The fourth-order valence-electron chi connectivity index (χ4n) is 3.50. The summed E-state index contributed by atoms with van der Waals surface area (Å²) in [4.78, 5) is 13.0. The van der Waals surface area contributed by atoms with Crippen molar-refractivity contribution < 1.29 is 17.6 Å². The van der Waals surface area contributed by atoms with E-state index in [1.807, 2.05) is 26.8 Å². The standard InChI is InChI=1S/C25H27FN2O3S/c1-17-5-11-24(12-6-17)32(30,31)28(23-14-18(2)13-19(3)15-23)16-25(29)27-20(4)21-7-9-22(26)10-8-21/h5-15,20H,16H2,1-4H3,(H,27,29). The van der Waals surface area contributed by atoms with Crippen molar-refractivity contribution in [3.63, 3.8) is 0 Å². The van der Waals surface area contributed by atoms with Crippen LogP contribution in [0.2, 0.25) is 0 Å². The van der Waals surface area contributed by atoms with Crippen LogP contribution >= 0.6 is 0 Å². The molecule has 3 aromatic carbocycles. The molecule has 7 heteroatoms. The molecule has 3 rings (SSSR count). The number of carbonyl (C=O) groups excluding carboxylic acids is 1. The van der Waals surface area contributed by atoms with Crippen LogP contribution in [0.5, 0.6) is 0 Å². The number of halogens is 1. The van der Waals surface area contributed by atoms with E-state index >= 15 is 0 Å². The lowest BCUT2D eigenvalue weighted by atomic mass is 10.1. The largest absolute Gasteiger partial charge is 0.348 e. The smallest absolute Gasteiger partial charge is 0.264 e. The van der Waals surface area contributed by atoms with Crippen molar-refractivity contribution in [2.24, 2.45) is 0 Å². The lowest BCUT2D eigenvalue weighted by Gasteiger charge is -2.26. The lowest BCUT2D eigenvalue weighted by molar-refractivity contribution is -0.120. The first kappa shape index (κ1) is 23.5. The number of aryl methyl sites for hydroxylation is 3. The van der Waals surface area contributed by atoms with Gasteiger partial charge in [-0.2, -0.15) is 0 Å². The molecule has 0 aliphatic heterocycles. The van der Waals surface area contributed by atoms with Crippen molar-refractivity contribution in [3.05, 3.63) is 94.8 Å². The number of amides is 1. The van der Waals surface area contributed by atoms with Gasteiger partial charge in [0, 0.05) is 0 Å². The van der Waals surface area contributed by atoms with E-state index in [1.165, 1.54) is 12.1 Å². The Hall–Kier alpha value is -3.19. The molecular formula is C25H27FN2O3S. The van der Waals surface area contributed by atoms with Crippen molar-refractivity contribution in [2.45, 2.75) is 38.6 Å². The second-order valence-electron chi connectivity index (χ2n) is 8.01. The van der Waals surface area contributed by atoms with Gasteiger partial charge in [-0.3, -0.25) is 9.10 Å². The van der Waals surface area contributed by atoms with Gasteiger partial charge in [-0.15, -0.1) is 0 Å². The highest BCUT2D eigenvalue weighted by Crippen LogP contribution is 2.26. The van der Waals surface area contributed by atoms with E-state index in [0.717, 1.165) is 26.6 Å². The molecule has 0 aliphatic rings. The summed E-state index contributed by atoms with van der Waals surface area (Å²) in [6.07, 6.45) is 0. The van der Waals surface area contributed by atoms with Gasteiger partial charge in [-0.1, -0.05) is 35.9 Å². The molecule has 0 saturated carbocycles. The number of hydrogen-bond acceptors (Lipinski definition) is 3. The number of nitrogens with one attached hydrogen (secondary N) is 1. The van der Waals surface area contributed by atoms with Gasteiger partial charge in [-0.05, 0) is 80.8 Å². The molecule has 0 heterocycles. The van der Waals surface area contributed by atoms with Gasteiger partial charge in [0.2, 0.25) is 5.91 Å². The average Bonchev–Trinajstić information content (AvgIpc) is 2.72. The normalized spacial score (nSPS) is 12.3. The van der Waals surface area contributed by atoms with E-state index in [4.69, 9.17) is 0 Å². The van der Waals surface area contributed by atoms with E-state index < -0.39 is 22.0 Å². The predicted molar refractivity (Wildman–Crippen MR) is 125 cm³/mol. The summed E-state index contributed by atoms with van der Waals surface area (Å²) in [5, 5.41) is 2.81. The first-order chi connectivity index (χ1) is 15.1. The van der Waals surface area contributed by atoms with Gasteiger partial charge in [-0.25, -0.2) is 12.8 Å². The first-order valence-corrected chi connectivity index (χ1v) is 11.7. The van der Waals surface area contributed by atoms with Crippen LogP contribution in [-0.2, 0) is 14.8 Å². The summed E-state index contributed by atoms with van der Waals surface area (Å²) in [7, 11) is -3.98. The molecule has 5 nitrogen and oxygen atoms in total. The molecule has 0 bridgehead atoms. The number of carbonyl (C=O) groups is 1. The number of benzene rings is 3. The molecule has 32 heavy (non-hydrogen) atoms. The van der Waals surface area contributed by atoms with Crippen molar-refractivity contribution in [3.8, 4) is 0 Å². The first-order valence-electron chi connectivity index (χ1n) is 10.3. The zero-order chi connectivity index (χ0) is 23.5. The molecule has 1 amide bonds. The van der Waals surface area contributed by atoms with Crippen LogP contribution in [-0.4, -0.2) is 20.9 Å². The second kappa shape index (κ2) is 9.53. The Labute approximate surface area is 188 Å². The maximum Gasteiger partial charge on any atom is 0.264 e. The zero-order valence-electron chi connectivity index (χ0n) is 18.6. The van der Waals surface area contributed by atoms with Crippen LogP contribution in [0, 0.1) is 26.6 Å². The van der Waals surface area contributed by atoms with Gasteiger partial charge in [0.15, 0.2) is 0 Å². The fourth-order valence-corrected chi connectivity index (χ4v) is 4.90. The fraction of sp³-hybridized carbons (Fsp3) is 0.240. The quantitative estimate of drug-likeness (QED) is 0.556. The summed E-state index contributed by atoms with van der Waals surface area (Å²) in [5.41, 5.74) is 3.87. The molecule has 0 saturated heterocycles. The highest BCUT2D eigenvalue weighted by atomic mass is 32.2. The van der Waals surface area contributed by atoms with Crippen LogP contribution in [0.1, 0.15) is 35.2 Å². The van der Waals surface area contributed by atoms with Crippen LogP contribution in [0.15, 0.2) is 71.6 Å². The number of hydrogen-bond donors (Lipinski definition) is 1. The topological polar surface area (TPSA) is 66.5 Å². The summed E-state index contributed by atoms with van der Waals surface area (Å²) < 4.78 is 41.3. The van der Waals surface area contributed by atoms with Gasteiger partial charge in [0.25, 0.3) is 10.0 Å². The van der Waals surface area contributed by atoms with Crippen LogP contribution in [0.25, 0.3) is 0 Å². The van der Waals surface area contributed by atoms with E-state index in [1.54, 1.807) is 55.5 Å². The van der Waals surface area contributed by atoms with E-state index in [-0.39, 0.29) is 17.3 Å². The average molecular weight is 455 g/mol. The Bertz CT molecular complexity index is 1190. The highest BCUT2D eigenvalue weighted by molar-refractivity contribution is 7.92. The molecular weight excluding hydrogens is 427 g/mol. The minimum absolute atomic E-state index is 0.113. The number of rotatable bonds is 7. The molecule has 1 N–H and O–H groups in total. The molecule has 0 spiro atoms. The predicted octanol–water partition coefficient (Wildman–Crippen LogP) is 4.82. The van der Waals surface area contributed by atoms with Gasteiger partial charge < -0.3 is 5.32 Å². The minimum Gasteiger partial charge on any atom is -0.348 e. The van der Waals surface area contributed by atoms with Crippen molar-refractivity contribution in [2.75, 3.05) is 10.8 Å². The summed E-state index contributed by atoms with van der Waals surface area (Å²) in [6, 6.07) is 17.4. The minimum atomic E-state index is -3.98. The number of anilines is 1.